The van der Waals surface area contributed by atoms with Gasteiger partial charge in [0, 0.05) is 62.5 Å². The molecule has 1 aromatic carbocycles. The fourth-order valence-corrected chi connectivity index (χ4v) is 4.41. The van der Waals surface area contributed by atoms with E-state index in [1.165, 1.54) is 0 Å². The normalized spacial score (nSPS) is 18.6. The lowest BCUT2D eigenvalue weighted by atomic mass is 9.90. The van der Waals surface area contributed by atoms with Gasteiger partial charge in [0.05, 0.1) is 17.0 Å². The Morgan fingerprint density at radius 1 is 1.12 bits per heavy atom. The molecule has 1 saturated heterocycles. The zero-order chi connectivity index (χ0) is 22.2. The summed E-state index contributed by atoms with van der Waals surface area (Å²) in [5.74, 6) is 2.31. The first-order chi connectivity index (χ1) is 15.5. The second-order valence-corrected chi connectivity index (χ2v) is 9.17. The number of aromatic nitrogens is 3. The van der Waals surface area contributed by atoms with Crippen LogP contribution < -0.4 is 4.90 Å². The zero-order valence-corrected chi connectivity index (χ0v) is 18.9. The Kier molecular flexibility index (Phi) is 5.41. The summed E-state index contributed by atoms with van der Waals surface area (Å²) in [5, 5.41) is 4.05. The molecule has 1 aliphatic carbocycles. The van der Waals surface area contributed by atoms with Crippen LogP contribution in [-0.4, -0.2) is 53.1 Å². The van der Waals surface area contributed by atoms with Crippen molar-refractivity contribution in [3.05, 3.63) is 59.3 Å². The van der Waals surface area contributed by atoms with E-state index in [2.05, 4.69) is 10.1 Å². The standard InChI is InChI=1S/C25H29N5O2/c1-16-13-22(32-28-16)21-14-26-24(17-6-7-17)27-23(21)19-5-4-12-30(15-19)25(31)18-8-10-20(11-9-18)29(2)3/h8-11,13-14,17,19H,4-7,12,15H2,1-3H3. The highest BCUT2D eigenvalue weighted by molar-refractivity contribution is 5.94. The average Bonchev–Trinajstić information content (AvgIpc) is 3.59. The number of likely N-dealkylation sites (tertiary alicyclic amines) is 1. The smallest absolute Gasteiger partial charge is 0.253 e. The van der Waals surface area contributed by atoms with Crippen LogP contribution in [0.2, 0.25) is 0 Å². The van der Waals surface area contributed by atoms with Crippen LogP contribution in [0.4, 0.5) is 5.69 Å². The number of hydrogen-bond acceptors (Lipinski definition) is 6. The third kappa shape index (κ3) is 4.11. The van der Waals surface area contributed by atoms with Crippen LogP contribution in [0, 0.1) is 6.92 Å². The van der Waals surface area contributed by atoms with Gasteiger partial charge in [0.2, 0.25) is 0 Å². The highest BCUT2D eigenvalue weighted by Crippen LogP contribution is 2.40. The van der Waals surface area contributed by atoms with Gasteiger partial charge in [0.1, 0.15) is 5.82 Å². The number of hydrogen-bond donors (Lipinski definition) is 0. The van der Waals surface area contributed by atoms with Crippen molar-refractivity contribution in [3.8, 4) is 11.3 Å². The molecule has 0 bridgehead atoms. The minimum absolute atomic E-state index is 0.0774. The van der Waals surface area contributed by atoms with E-state index in [4.69, 9.17) is 9.51 Å². The largest absolute Gasteiger partial charge is 0.378 e. The van der Waals surface area contributed by atoms with Gasteiger partial charge in [-0.05, 0) is 56.9 Å². The molecular formula is C25H29N5O2. The van der Waals surface area contributed by atoms with Gasteiger partial charge in [0.15, 0.2) is 5.76 Å². The van der Waals surface area contributed by atoms with E-state index in [0.29, 0.717) is 18.2 Å². The second-order valence-electron chi connectivity index (χ2n) is 9.17. The van der Waals surface area contributed by atoms with E-state index in [1.807, 2.05) is 67.3 Å². The maximum absolute atomic E-state index is 13.3. The maximum Gasteiger partial charge on any atom is 0.253 e. The van der Waals surface area contributed by atoms with Gasteiger partial charge < -0.3 is 14.3 Å². The third-order valence-corrected chi connectivity index (χ3v) is 6.40. The quantitative estimate of drug-likeness (QED) is 0.596. The van der Waals surface area contributed by atoms with Gasteiger partial charge in [-0.2, -0.15) is 0 Å². The number of carbonyl (C=O) groups is 1. The second kappa shape index (κ2) is 8.37. The molecule has 1 amide bonds. The fraction of sp³-hybridized carbons (Fsp3) is 0.440. The molecule has 5 rings (SSSR count). The van der Waals surface area contributed by atoms with Crippen LogP contribution in [0.15, 0.2) is 41.1 Å². The summed E-state index contributed by atoms with van der Waals surface area (Å²) in [6, 6.07) is 9.74. The molecule has 1 saturated carbocycles. The van der Waals surface area contributed by atoms with Crippen molar-refractivity contribution in [3.63, 3.8) is 0 Å². The van der Waals surface area contributed by atoms with Crippen LogP contribution >= 0.6 is 0 Å². The molecule has 1 aliphatic heterocycles. The number of benzene rings is 1. The van der Waals surface area contributed by atoms with Gasteiger partial charge in [-0.1, -0.05) is 5.16 Å². The number of nitrogens with zero attached hydrogens (tertiary/aromatic N) is 5. The summed E-state index contributed by atoms with van der Waals surface area (Å²) in [5.41, 5.74) is 4.52. The molecule has 2 fully saturated rings. The van der Waals surface area contributed by atoms with Crippen molar-refractivity contribution in [1.82, 2.24) is 20.0 Å². The fourth-order valence-electron chi connectivity index (χ4n) is 4.41. The van der Waals surface area contributed by atoms with Crippen molar-refractivity contribution in [2.75, 3.05) is 32.1 Å². The summed E-state index contributed by atoms with van der Waals surface area (Å²) in [6.45, 7) is 3.33. The third-order valence-electron chi connectivity index (χ3n) is 6.40. The molecule has 0 N–H and O–H groups in total. The molecule has 3 aromatic rings. The maximum atomic E-state index is 13.3. The van der Waals surface area contributed by atoms with E-state index in [0.717, 1.165) is 66.3 Å². The van der Waals surface area contributed by atoms with Crippen molar-refractivity contribution >= 4 is 11.6 Å². The van der Waals surface area contributed by atoms with Crippen molar-refractivity contribution in [2.24, 2.45) is 0 Å². The Morgan fingerprint density at radius 2 is 1.91 bits per heavy atom. The molecular weight excluding hydrogens is 402 g/mol. The minimum atomic E-state index is 0.0774. The highest BCUT2D eigenvalue weighted by Gasteiger charge is 2.32. The SMILES string of the molecule is Cc1cc(-c2cnc(C3CC3)nc2C2CCCN(C(=O)c3ccc(N(C)C)cc3)C2)on1. The van der Waals surface area contributed by atoms with Crippen LogP contribution in [0.1, 0.15) is 65.1 Å². The molecule has 0 spiro atoms. The lowest BCUT2D eigenvalue weighted by molar-refractivity contribution is 0.0706. The Morgan fingerprint density at radius 3 is 2.56 bits per heavy atom. The van der Waals surface area contributed by atoms with Gasteiger partial charge in [-0.15, -0.1) is 0 Å². The number of carbonyl (C=O) groups excluding carboxylic acids is 1. The first-order valence-electron chi connectivity index (χ1n) is 11.4. The van der Waals surface area contributed by atoms with Crippen molar-refractivity contribution in [2.45, 2.75) is 44.4 Å². The Bertz CT molecular complexity index is 1120. The predicted octanol–water partition coefficient (Wildman–Crippen LogP) is 4.40. The molecule has 2 aromatic heterocycles. The molecule has 3 heterocycles. The first kappa shape index (κ1) is 20.7. The lowest BCUT2D eigenvalue weighted by Gasteiger charge is -2.33. The molecule has 1 unspecified atom stereocenters. The number of rotatable bonds is 5. The van der Waals surface area contributed by atoms with Crippen LogP contribution in [0.3, 0.4) is 0 Å². The molecule has 0 radical (unpaired) electrons. The minimum Gasteiger partial charge on any atom is -0.378 e. The molecule has 2 aliphatic rings. The van der Waals surface area contributed by atoms with E-state index >= 15 is 0 Å². The van der Waals surface area contributed by atoms with Gasteiger partial charge in [0.25, 0.3) is 5.91 Å². The number of aryl methyl sites for hydroxylation is 1. The first-order valence-corrected chi connectivity index (χ1v) is 11.4. The molecule has 7 heteroatoms. The molecule has 1 atom stereocenters. The van der Waals surface area contributed by atoms with Crippen molar-refractivity contribution < 1.29 is 9.32 Å². The summed E-state index contributed by atoms with van der Waals surface area (Å²) in [7, 11) is 3.99. The summed E-state index contributed by atoms with van der Waals surface area (Å²) < 4.78 is 5.56. The molecule has 32 heavy (non-hydrogen) atoms. The Hall–Kier alpha value is -3.22. The van der Waals surface area contributed by atoms with Crippen molar-refractivity contribution in [1.29, 1.82) is 0 Å². The number of anilines is 1. The number of piperidine rings is 1. The Balaban J connectivity index is 1.42. The highest BCUT2D eigenvalue weighted by atomic mass is 16.5. The number of amides is 1. The molecule has 7 nitrogen and oxygen atoms in total. The summed E-state index contributed by atoms with van der Waals surface area (Å²) >= 11 is 0. The topological polar surface area (TPSA) is 75.4 Å². The Labute approximate surface area is 188 Å². The van der Waals surface area contributed by atoms with E-state index in [1.54, 1.807) is 0 Å². The van der Waals surface area contributed by atoms with Crippen LogP contribution in [-0.2, 0) is 0 Å². The summed E-state index contributed by atoms with van der Waals surface area (Å²) in [6.07, 6.45) is 6.13. The van der Waals surface area contributed by atoms with E-state index in [-0.39, 0.29) is 11.8 Å². The van der Waals surface area contributed by atoms with Gasteiger partial charge in [-0.3, -0.25) is 4.79 Å². The lowest BCUT2D eigenvalue weighted by Crippen LogP contribution is -2.39. The van der Waals surface area contributed by atoms with E-state index < -0.39 is 0 Å². The van der Waals surface area contributed by atoms with Gasteiger partial charge >= 0.3 is 0 Å². The zero-order valence-electron chi connectivity index (χ0n) is 18.9. The van der Waals surface area contributed by atoms with Gasteiger partial charge in [-0.25, -0.2) is 9.97 Å². The summed E-state index contributed by atoms with van der Waals surface area (Å²) in [4.78, 5) is 26.9. The predicted molar refractivity (Wildman–Crippen MR) is 123 cm³/mol. The van der Waals surface area contributed by atoms with E-state index in [9.17, 15) is 4.79 Å². The monoisotopic (exact) mass is 431 g/mol. The average molecular weight is 432 g/mol. The van der Waals surface area contributed by atoms with Crippen LogP contribution in [0.25, 0.3) is 11.3 Å². The van der Waals surface area contributed by atoms with Crippen LogP contribution in [0.5, 0.6) is 0 Å². The molecule has 166 valence electrons.